The third-order valence-electron chi connectivity index (χ3n) is 3.13. The van der Waals surface area contributed by atoms with Gasteiger partial charge in [0.15, 0.2) is 0 Å². The van der Waals surface area contributed by atoms with E-state index in [0.717, 1.165) is 15.5 Å². The number of hydrogen-bond donors (Lipinski definition) is 0. The fraction of sp³-hybridized carbons (Fsp3) is 0.235. The molecule has 0 saturated carbocycles. The molecule has 19 heavy (non-hydrogen) atoms. The molecule has 0 atom stereocenters. The molecule has 0 aromatic heterocycles. The molecule has 0 aliphatic heterocycles. The lowest BCUT2D eigenvalue weighted by Gasteiger charge is -2.25. The minimum atomic E-state index is 0.130. The van der Waals surface area contributed by atoms with E-state index in [4.69, 9.17) is 12.2 Å². The molecule has 0 radical (unpaired) electrons. The first kappa shape index (κ1) is 14.3. The second-order valence-electron chi connectivity index (χ2n) is 5.19. The first-order valence-corrected chi connectivity index (χ1v) is 7.77. The highest BCUT2D eigenvalue weighted by Gasteiger charge is 2.21. The Hall–Kier alpha value is -1.12. The van der Waals surface area contributed by atoms with E-state index in [-0.39, 0.29) is 5.41 Å². The second kappa shape index (κ2) is 6.36. The van der Waals surface area contributed by atoms with E-state index in [0.29, 0.717) is 0 Å². The van der Waals surface area contributed by atoms with Crippen LogP contribution in [0.25, 0.3) is 0 Å². The predicted molar refractivity (Wildman–Crippen MR) is 90.1 cm³/mol. The van der Waals surface area contributed by atoms with Crippen molar-refractivity contribution in [2.75, 3.05) is 5.75 Å². The van der Waals surface area contributed by atoms with Crippen molar-refractivity contribution in [3.8, 4) is 0 Å². The SMILES string of the molecule is CC(C)(CSC(=S)c1ccccc1)c1ccccc1. The third kappa shape index (κ3) is 3.92. The van der Waals surface area contributed by atoms with Gasteiger partial charge in [0.05, 0.1) is 4.20 Å². The van der Waals surface area contributed by atoms with Crippen molar-refractivity contribution in [3.63, 3.8) is 0 Å². The van der Waals surface area contributed by atoms with Gasteiger partial charge in [0, 0.05) is 5.75 Å². The molecule has 0 spiro atoms. The highest BCUT2D eigenvalue weighted by molar-refractivity contribution is 8.23. The minimum Gasteiger partial charge on any atom is -0.113 e. The van der Waals surface area contributed by atoms with Crippen molar-refractivity contribution >= 4 is 28.2 Å². The summed E-state index contributed by atoms with van der Waals surface area (Å²) in [6.45, 7) is 4.53. The molecule has 2 rings (SSSR count). The lowest BCUT2D eigenvalue weighted by Crippen LogP contribution is -2.21. The van der Waals surface area contributed by atoms with Gasteiger partial charge >= 0.3 is 0 Å². The van der Waals surface area contributed by atoms with Crippen molar-refractivity contribution in [1.82, 2.24) is 0 Å². The van der Waals surface area contributed by atoms with Gasteiger partial charge in [0.1, 0.15) is 0 Å². The first-order valence-electron chi connectivity index (χ1n) is 6.37. The normalized spacial score (nSPS) is 11.3. The van der Waals surface area contributed by atoms with Crippen LogP contribution in [-0.2, 0) is 5.41 Å². The number of hydrogen-bond acceptors (Lipinski definition) is 2. The zero-order valence-corrected chi connectivity index (χ0v) is 12.9. The smallest absolute Gasteiger partial charge is 0.0778 e. The summed E-state index contributed by atoms with van der Waals surface area (Å²) in [5, 5.41) is 0. The van der Waals surface area contributed by atoms with Crippen LogP contribution in [0, 0.1) is 0 Å². The lowest BCUT2D eigenvalue weighted by molar-refractivity contribution is 0.603. The van der Waals surface area contributed by atoms with Crippen molar-refractivity contribution in [2.45, 2.75) is 19.3 Å². The van der Waals surface area contributed by atoms with E-state index in [1.54, 1.807) is 11.8 Å². The van der Waals surface area contributed by atoms with Gasteiger partial charge in [-0.2, -0.15) is 0 Å². The monoisotopic (exact) mass is 286 g/mol. The van der Waals surface area contributed by atoms with E-state index < -0.39 is 0 Å². The number of thioether (sulfide) groups is 1. The molecular weight excluding hydrogens is 268 g/mol. The van der Waals surface area contributed by atoms with Gasteiger partial charge in [-0.25, -0.2) is 0 Å². The van der Waals surface area contributed by atoms with Crippen LogP contribution < -0.4 is 0 Å². The van der Waals surface area contributed by atoms with Gasteiger partial charge in [-0.15, -0.1) is 11.8 Å². The quantitative estimate of drug-likeness (QED) is 0.719. The van der Waals surface area contributed by atoms with Crippen LogP contribution in [0.15, 0.2) is 60.7 Å². The average molecular weight is 286 g/mol. The Bertz CT molecular complexity index is 530. The molecule has 0 N–H and O–H groups in total. The Kier molecular flexibility index (Phi) is 4.78. The van der Waals surface area contributed by atoms with E-state index in [9.17, 15) is 0 Å². The minimum absolute atomic E-state index is 0.130. The van der Waals surface area contributed by atoms with Gasteiger partial charge in [0.25, 0.3) is 0 Å². The number of benzene rings is 2. The molecule has 0 saturated heterocycles. The maximum atomic E-state index is 5.50. The molecule has 2 aromatic carbocycles. The zero-order valence-electron chi connectivity index (χ0n) is 11.3. The predicted octanol–water partition coefficient (Wildman–Crippen LogP) is 5.07. The topological polar surface area (TPSA) is 0 Å². The standard InChI is InChI=1S/C17H18S2/c1-17(2,15-11-7-4-8-12-15)13-19-16(18)14-9-5-3-6-10-14/h3-12H,13H2,1-2H3. The van der Waals surface area contributed by atoms with E-state index in [1.807, 2.05) is 18.2 Å². The molecule has 2 aromatic rings. The number of thiocarbonyl (C=S) groups is 1. The van der Waals surface area contributed by atoms with Crippen LogP contribution in [0.1, 0.15) is 25.0 Å². The molecule has 2 heteroatoms. The summed E-state index contributed by atoms with van der Waals surface area (Å²) in [6, 6.07) is 20.9. The number of rotatable bonds is 4. The fourth-order valence-corrected chi connectivity index (χ4v) is 3.15. The Labute approximate surface area is 125 Å². The van der Waals surface area contributed by atoms with Gasteiger partial charge in [0.2, 0.25) is 0 Å². The van der Waals surface area contributed by atoms with Crippen LogP contribution in [0.3, 0.4) is 0 Å². The largest absolute Gasteiger partial charge is 0.113 e. The summed E-state index contributed by atoms with van der Waals surface area (Å²) < 4.78 is 0.976. The first-order chi connectivity index (χ1) is 9.09. The summed E-state index contributed by atoms with van der Waals surface area (Å²) in [5.41, 5.74) is 2.63. The van der Waals surface area contributed by atoms with Crippen LogP contribution in [0.2, 0.25) is 0 Å². The summed E-state index contributed by atoms with van der Waals surface area (Å²) in [6.07, 6.45) is 0. The lowest BCUT2D eigenvalue weighted by atomic mass is 9.87. The summed E-state index contributed by atoms with van der Waals surface area (Å²) in [4.78, 5) is 0. The molecule has 0 amide bonds. The van der Waals surface area contributed by atoms with Crippen molar-refractivity contribution < 1.29 is 0 Å². The Morgan fingerprint density at radius 2 is 1.47 bits per heavy atom. The van der Waals surface area contributed by atoms with Crippen LogP contribution in [-0.4, -0.2) is 9.95 Å². The third-order valence-corrected chi connectivity index (χ3v) is 5.08. The molecule has 0 aliphatic rings. The molecule has 0 heterocycles. The van der Waals surface area contributed by atoms with E-state index in [1.165, 1.54) is 5.56 Å². The van der Waals surface area contributed by atoms with E-state index in [2.05, 4.69) is 56.3 Å². The van der Waals surface area contributed by atoms with Crippen LogP contribution in [0.5, 0.6) is 0 Å². The molecule has 98 valence electrons. The summed E-state index contributed by atoms with van der Waals surface area (Å²) in [7, 11) is 0. The molecular formula is C17H18S2. The molecule has 0 bridgehead atoms. The molecule has 0 unspecified atom stereocenters. The zero-order chi connectivity index (χ0) is 13.7. The van der Waals surface area contributed by atoms with Gasteiger partial charge in [-0.3, -0.25) is 0 Å². The average Bonchev–Trinajstić information content (AvgIpc) is 2.47. The highest BCUT2D eigenvalue weighted by atomic mass is 32.2. The fourth-order valence-electron chi connectivity index (χ4n) is 1.88. The summed E-state index contributed by atoms with van der Waals surface area (Å²) >= 11 is 7.26. The van der Waals surface area contributed by atoms with Gasteiger partial charge < -0.3 is 0 Å². The Morgan fingerprint density at radius 1 is 0.947 bits per heavy atom. The Balaban J connectivity index is 2.01. The molecule has 0 fully saturated rings. The maximum Gasteiger partial charge on any atom is 0.0778 e. The molecule has 0 aliphatic carbocycles. The second-order valence-corrected chi connectivity index (χ2v) is 6.84. The van der Waals surface area contributed by atoms with Gasteiger partial charge in [-0.1, -0.05) is 86.7 Å². The van der Waals surface area contributed by atoms with E-state index >= 15 is 0 Å². The van der Waals surface area contributed by atoms with Gasteiger partial charge in [-0.05, 0) is 16.5 Å². The van der Waals surface area contributed by atoms with Crippen molar-refractivity contribution in [1.29, 1.82) is 0 Å². The highest BCUT2D eigenvalue weighted by Crippen LogP contribution is 2.29. The maximum absolute atomic E-state index is 5.50. The van der Waals surface area contributed by atoms with Crippen LogP contribution in [0.4, 0.5) is 0 Å². The molecule has 0 nitrogen and oxygen atoms in total. The van der Waals surface area contributed by atoms with Crippen molar-refractivity contribution in [2.24, 2.45) is 0 Å². The Morgan fingerprint density at radius 3 is 2.05 bits per heavy atom. The summed E-state index contributed by atoms with van der Waals surface area (Å²) in [5.74, 6) is 0.991. The van der Waals surface area contributed by atoms with Crippen LogP contribution >= 0.6 is 24.0 Å². The van der Waals surface area contributed by atoms with Crippen molar-refractivity contribution in [3.05, 3.63) is 71.8 Å².